The number of amides is 2. The van der Waals surface area contributed by atoms with Crippen LogP contribution in [-0.4, -0.2) is 62.7 Å². The molecular weight excluding hydrogens is 246 g/mol. The molecule has 0 unspecified atom stereocenters. The lowest BCUT2D eigenvalue weighted by Crippen LogP contribution is -2.48. The molecule has 2 N–H and O–H groups in total. The molecule has 6 heteroatoms. The molecule has 0 atom stereocenters. The summed E-state index contributed by atoms with van der Waals surface area (Å²) >= 11 is 0. The molecule has 0 aromatic heterocycles. The van der Waals surface area contributed by atoms with Gasteiger partial charge in [-0.05, 0) is 12.8 Å². The van der Waals surface area contributed by atoms with Crippen LogP contribution in [0.25, 0.3) is 0 Å². The van der Waals surface area contributed by atoms with Crippen LogP contribution in [0.2, 0.25) is 0 Å². The van der Waals surface area contributed by atoms with Crippen molar-refractivity contribution in [2.75, 3.05) is 39.9 Å². The number of hydrogen-bond acceptors (Lipinski definition) is 4. The number of ether oxygens (including phenoxy) is 1. The maximum absolute atomic E-state index is 11.6. The van der Waals surface area contributed by atoms with Crippen molar-refractivity contribution in [1.29, 1.82) is 0 Å². The van der Waals surface area contributed by atoms with Gasteiger partial charge in [0, 0.05) is 32.8 Å². The highest BCUT2D eigenvalue weighted by Crippen LogP contribution is 2.10. The lowest BCUT2D eigenvalue weighted by atomic mass is 10.0. The molecule has 0 aromatic carbocycles. The van der Waals surface area contributed by atoms with E-state index >= 15 is 0 Å². The second-order valence-corrected chi connectivity index (χ2v) is 4.58. The van der Waals surface area contributed by atoms with Gasteiger partial charge in [-0.2, -0.15) is 0 Å². The van der Waals surface area contributed by atoms with Gasteiger partial charge in [0.05, 0.1) is 6.54 Å². The molecule has 6 nitrogen and oxygen atoms in total. The molecule has 0 radical (unpaired) electrons. The normalized spacial score (nSPS) is 16.2. The fraction of sp³-hybridized carbons (Fsp3) is 0.692. The second kappa shape index (κ2) is 8.66. The summed E-state index contributed by atoms with van der Waals surface area (Å²) in [4.78, 5) is 25.0. The highest BCUT2D eigenvalue weighted by Gasteiger charge is 2.23. The van der Waals surface area contributed by atoms with Crippen molar-refractivity contribution in [3.8, 4) is 0 Å². The van der Waals surface area contributed by atoms with E-state index in [-0.39, 0.29) is 24.5 Å². The van der Waals surface area contributed by atoms with Crippen LogP contribution in [0.5, 0.6) is 0 Å². The van der Waals surface area contributed by atoms with Gasteiger partial charge in [0.15, 0.2) is 0 Å². The molecule has 19 heavy (non-hydrogen) atoms. The Morgan fingerprint density at radius 1 is 1.42 bits per heavy atom. The summed E-state index contributed by atoms with van der Waals surface area (Å²) in [7, 11) is 1.52. The quantitative estimate of drug-likeness (QED) is 0.483. The number of likely N-dealkylation sites (tertiary alicyclic amines) is 1. The van der Waals surface area contributed by atoms with Crippen LogP contribution in [0, 0.1) is 0 Å². The van der Waals surface area contributed by atoms with E-state index in [2.05, 4.69) is 17.2 Å². The summed E-state index contributed by atoms with van der Waals surface area (Å²) in [5.41, 5.74) is 0. The van der Waals surface area contributed by atoms with Gasteiger partial charge in [0.25, 0.3) is 0 Å². The first kappa shape index (κ1) is 15.7. The van der Waals surface area contributed by atoms with Crippen molar-refractivity contribution in [3.63, 3.8) is 0 Å². The first-order chi connectivity index (χ1) is 9.17. The monoisotopic (exact) mass is 269 g/mol. The van der Waals surface area contributed by atoms with Crippen LogP contribution in [0.3, 0.4) is 0 Å². The van der Waals surface area contributed by atoms with E-state index in [4.69, 9.17) is 4.74 Å². The molecule has 1 saturated heterocycles. The Morgan fingerprint density at radius 3 is 2.68 bits per heavy atom. The highest BCUT2D eigenvalue weighted by molar-refractivity contribution is 5.79. The predicted octanol–water partition coefficient (Wildman–Crippen LogP) is -0.484. The van der Waals surface area contributed by atoms with Gasteiger partial charge < -0.3 is 20.3 Å². The van der Waals surface area contributed by atoms with Crippen LogP contribution in [0.1, 0.15) is 12.8 Å². The first-order valence-electron chi connectivity index (χ1n) is 6.55. The lowest BCUT2D eigenvalue weighted by Gasteiger charge is -2.32. The van der Waals surface area contributed by atoms with Gasteiger partial charge in [0.1, 0.15) is 6.61 Å². The van der Waals surface area contributed by atoms with Crippen molar-refractivity contribution < 1.29 is 14.3 Å². The zero-order chi connectivity index (χ0) is 14.1. The second-order valence-electron chi connectivity index (χ2n) is 4.58. The fourth-order valence-corrected chi connectivity index (χ4v) is 2.05. The molecule has 0 bridgehead atoms. The fourth-order valence-electron chi connectivity index (χ4n) is 2.05. The topological polar surface area (TPSA) is 70.7 Å². The minimum atomic E-state index is -0.0106. The van der Waals surface area contributed by atoms with E-state index in [1.54, 1.807) is 11.0 Å². The third kappa shape index (κ3) is 5.85. The zero-order valence-electron chi connectivity index (χ0n) is 11.5. The molecular formula is C13H23N3O3. The van der Waals surface area contributed by atoms with Gasteiger partial charge in [-0.25, -0.2) is 0 Å². The molecule has 1 fully saturated rings. The zero-order valence-corrected chi connectivity index (χ0v) is 11.5. The van der Waals surface area contributed by atoms with E-state index in [9.17, 15) is 9.59 Å². The third-order valence-corrected chi connectivity index (χ3v) is 3.05. The lowest BCUT2D eigenvalue weighted by molar-refractivity contribution is -0.136. The van der Waals surface area contributed by atoms with Gasteiger partial charge in [0.2, 0.25) is 11.8 Å². The van der Waals surface area contributed by atoms with Crippen molar-refractivity contribution in [1.82, 2.24) is 15.5 Å². The smallest absolute Gasteiger partial charge is 0.248 e. The van der Waals surface area contributed by atoms with Gasteiger partial charge >= 0.3 is 0 Å². The molecule has 1 rings (SSSR count). The number of hydrogen-bond donors (Lipinski definition) is 2. The Bertz CT molecular complexity index is 312. The Labute approximate surface area is 114 Å². The largest absolute Gasteiger partial charge is 0.375 e. The Kier molecular flexibility index (Phi) is 7.14. The number of piperidine rings is 1. The van der Waals surface area contributed by atoms with E-state index in [0.717, 1.165) is 12.8 Å². The van der Waals surface area contributed by atoms with E-state index < -0.39 is 0 Å². The Hall–Kier alpha value is -1.40. The summed E-state index contributed by atoms with van der Waals surface area (Å²) < 4.78 is 4.83. The van der Waals surface area contributed by atoms with Gasteiger partial charge in [-0.1, -0.05) is 6.08 Å². The van der Waals surface area contributed by atoms with Crippen molar-refractivity contribution in [2.24, 2.45) is 0 Å². The number of rotatable bonds is 7. The first-order valence-corrected chi connectivity index (χ1v) is 6.55. The molecule has 0 aliphatic carbocycles. The van der Waals surface area contributed by atoms with Crippen LogP contribution in [0.15, 0.2) is 12.7 Å². The summed E-state index contributed by atoms with van der Waals surface area (Å²) in [6.07, 6.45) is 3.30. The molecule has 0 aromatic rings. The molecule has 1 aliphatic rings. The summed E-state index contributed by atoms with van der Waals surface area (Å²) in [5.74, 6) is 0.00319. The van der Waals surface area contributed by atoms with Crippen molar-refractivity contribution >= 4 is 11.8 Å². The molecule has 1 aliphatic heterocycles. The van der Waals surface area contributed by atoms with Crippen LogP contribution in [-0.2, 0) is 14.3 Å². The van der Waals surface area contributed by atoms with E-state index in [1.165, 1.54) is 7.11 Å². The van der Waals surface area contributed by atoms with Crippen molar-refractivity contribution in [2.45, 2.75) is 18.9 Å². The molecule has 2 amide bonds. The van der Waals surface area contributed by atoms with Crippen molar-refractivity contribution in [3.05, 3.63) is 12.7 Å². The van der Waals surface area contributed by atoms with Crippen LogP contribution < -0.4 is 10.6 Å². The number of methoxy groups -OCH3 is 1. The number of carbonyl (C=O) groups excluding carboxylic acids is 2. The minimum absolute atomic E-state index is 0.0106. The minimum Gasteiger partial charge on any atom is -0.375 e. The predicted molar refractivity (Wildman–Crippen MR) is 72.7 cm³/mol. The van der Waals surface area contributed by atoms with E-state index in [1.807, 2.05) is 0 Å². The molecule has 0 saturated carbocycles. The van der Waals surface area contributed by atoms with Crippen LogP contribution >= 0.6 is 0 Å². The summed E-state index contributed by atoms with van der Waals surface area (Å²) in [6, 6.07) is 0.157. The number of nitrogens with zero attached hydrogens (tertiary/aromatic N) is 1. The highest BCUT2D eigenvalue weighted by atomic mass is 16.5. The maximum atomic E-state index is 11.6. The van der Waals surface area contributed by atoms with Crippen LogP contribution in [0.4, 0.5) is 0 Å². The van der Waals surface area contributed by atoms with Gasteiger partial charge in [-0.15, -0.1) is 6.58 Å². The van der Waals surface area contributed by atoms with E-state index in [0.29, 0.717) is 26.2 Å². The summed E-state index contributed by atoms with van der Waals surface area (Å²) in [5, 5.41) is 5.92. The molecule has 1 heterocycles. The molecule has 108 valence electrons. The Morgan fingerprint density at radius 2 is 2.11 bits per heavy atom. The SMILES string of the molecule is C=CCNCC(=O)NC1CCN(C(=O)COC)CC1. The summed E-state index contributed by atoms with van der Waals surface area (Å²) in [6.45, 7) is 5.97. The number of carbonyl (C=O) groups is 2. The number of nitrogens with one attached hydrogen (secondary N) is 2. The standard InChI is InChI=1S/C13H23N3O3/c1-3-6-14-9-12(17)15-11-4-7-16(8-5-11)13(18)10-19-2/h3,11,14H,1,4-10H2,2H3,(H,15,17). The average molecular weight is 269 g/mol. The Balaban J connectivity index is 2.20. The molecule has 0 spiro atoms. The maximum Gasteiger partial charge on any atom is 0.248 e. The third-order valence-electron chi connectivity index (χ3n) is 3.05. The average Bonchev–Trinajstić information content (AvgIpc) is 2.40. The van der Waals surface area contributed by atoms with Gasteiger partial charge in [-0.3, -0.25) is 9.59 Å².